The Morgan fingerprint density at radius 3 is 2.89 bits per heavy atom. The molecule has 0 bridgehead atoms. The molecule has 1 aromatic carbocycles. The van der Waals surface area contributed by atoms with Crippen LogP contribution in [0.3, 0.4) is 0 Å². The molecular formula is C15H15N3. The first kappa shape index (κ1) is 11.0. The summed E-state index contributed by atoms with van der Waals surface area (Å²) in [5.41, 5.74) is 10.8. The van der Waals surface area contributed by atoms with Crippen molar-refractivity contribution < 1.29 is 0 Å². The molecule has 0 amide bonds. The lowest BCUT2D eigenvalue weighted by atomic mass is 9.99. The van der Waals surface area contributed by atoms with Crippen molar-refractivity contribution in [3.63, 3.8) is 0 Å². The van der Waals surface area contributed by atoms with Crippen molar-refractivity contribution >= 4 is 5.52 Å². The minimum Gasteiger partial charge on any atom is -0.320 e. The number of rotatable bonds is 2. The van der Waals surface area contributed by atoms with Gasteiger partial charge < -0.3 is 5.73 Å². The number of hydrogen-bond donors (Lipinski definition) is 1. The first-order valence-corrected chi connectivity index (χ1v) is 6.00. The number of hydrogen-bond acceptors (Lipinski definition) is 2. The molecule has 3 heteroatoms. The predicted molar refractivity (Wildman–Crippen MR) is 72.4 cm³/mol. The minimum absolute atomic E-state index is 0.134. The van der Waals surface area contributed by atoms with Gasteiger partial charge in [0.25, 0.3) is 0 Å². The molecule has 3 nitrogen and oxygen atoms in total. The van der Waals surface area contributed by atoms with E-state index in [-0.39, 0.29) is 6.04 Å². The molecule has 0 aliphatic heterocycles. The van der Waals surface area contributed by atoms with Crippen LogP contribution in [0.25, 0.3) is 5.52 Å². The first-order valence-electron chi connectivity index (χ1n) is 6.00. The van der Waals surface area contributed by atoms with Crippen LogP contribution in [0.2, 0.25) is 0 Å². The van der Waals surface area contributed by atoms with E-state index in [1.807, 2.05) is 41.2 Å². The smallest absolute Gasteiger partial charge is 0.0712 e. The van der Waals surface area contributed by atoms with Crippen LogP contribution in [0.4, 0.5) is 0 Å². The molecule has 3 rings (SSSR count). The Morgan fingerprint density at radius 2 is 2.06 bits per heavy atom. The Hall–Kier alpha value is -2.13. The third-order valence-electron chi connectivity index (χ3n) is 3.19. The van der Waals surface area contributed by atoms with Crippen molar-refractivity contribution in [1.29, 1.82) is 0 Å². The molecular weight excluding hydrogens is 222 g/mol. The molecule has 90 valence electrons. The summed E-state index contributed by atoms with van der Waals surface area (Å²) in [6, 6.07) is 14.2. The highest BCUT2D eigenvalue weighted by molar-refractivity contribution is 5.57. The van der Waals surface area contributed by atoms with Gasteiger partial charge in [-0.25, -0.2) is 4.52 Å². The maximum atomic E-state index is 6.34. The lowest BCUT2D eigenvalue weighted by Crippen LogP contribution is -2.11. The van der Waals surface area contributed by atoms with Gasteiger partial charge in [-0.2, -0.15) is 5.10 Å². The Labute approximate surface area is 106 Å². The number of pyridine rings is 1. The number of aryl methyl sites for hydroxylation is 1. The standard InChI is InChI=1S/C15H15N3/c1-11-5-4-6-12(9-11)15(16)13-10-17-18-8-3-2-7-14(13)18/h2-10,15H,16H2,1H3. The first-order chi connectivity index (χ1) is 8.75. The van der Waals surface area contributed by atoms with E-state index in [0.29, 0.717) is 0 Å². The molecule has 2 aromatic heterocycles. The van der Waals surface area contributed by atoms with E-state index in [9.17, 15) is 0 Å². The van der Waals surface area contributed by atoms with Gasteiger partial charge in [-0.3, -0.25) is 0 Å². The van der Waals surface area contributed by atoms with Crippen LogP contribution in [-0.4, -0.2) is 9.61 Å². The zero-order valence-corrected chi connectivity index (χ0v) is 10.2. The predicted octanol–water partition coefficient (Wildman–Crippen LogP) is 2.69. The second-order valence-corrected chi connectivity index (χ2v) is 4.52. The van der Waals surface area contributed by atoms with E-state index in [0.717, 1.165) is 16.6 Å². The quantitative estimate of drug-likeness (QED) is 0.744. The fraction of sp³-hybridized carbons (Fsp3) is 0.133. The van der Waals surface area contributed by atoms with Crippen LogP contribution < -0.4 is 5.73 Å². The van der Waals surface area contributed by atoms with Crippen LogP contribution in [0.5, 0.6) is 0 Å². The van der Waals surface area contributed by atoms with Crippen LogP contribution in [-0.2, 0) is 0 Å². The average Bonchev–Trinajstić information content (AvgIpc) is 2.82. The molecule has 1 atom stereocenters. The summed E-state index contributed by atoms with van der Waals surface area (Å²) >= 11 is 0. The Kier molecular flexibility index (Phi) is 2.61. The summed E-state index contributed by atoms with van der Waals surface area (Å²) in [7, 11) is 0. The normalized spacial score (nSPS) is 12.8. The summed E-state index contributed by atoms with van der Waals surface area (Å²) < 4.78 is 1.85. The molecule has 0 saturated carbocycles. The van der Waals surface area contributed by atoms with E-state index >= 15 is 0 Å². The van der Waals surface area contributed by atoms with Gasteiger partial charge in [0.1, 0.15) is 0 Å². The van der Waals surface area contributed by atoms with Crippen LogP contribution >= 0.6 is 0 Å². The number of nitrogens with two attached hydrogens (primary N) is 1. The van der Waals surface area contributed by atoms with Crippen molar-refractivity contribution in [3.05, 3.63) is 71.5 Å². The average molecular weight is 237 g/mol. The summed E-state index contributed by atoms with van der Waals surface area (Å²) in [5, 5.41) is 4.32. The van der Waals surface area contributed by atoms with Crippen molar-refractivity contribution in [2.75, 3.05) is 0 Å². The topological polar surface area (TPSA) is 43.3 Å². The van der Waals surface area contributed by atoms with Crippen LogP contribution in [0.15, 0.2) is 54.9 Å². The number of nitrogens with zero attached hydrogens (tertiary/aromatic N) is 2. The van der Waals surface area contributed by atoms with Crippen LogP contribution in [0, 0.1) is 6.92 Å². The zero-order chi connectivity index (χ0) is 12.5. The third kappa shape index (κ3) is 1.79. The summed E-state index contributed by atoms with van der Waals surface area (Å²) in [6.07, 6.45) is 3.78. The highest BCUT2D eigenvalue weighted by atomic mass is 15.2. The highest BCUT2D eigenvalue weighted by Gasteiger charge is 2.13. The lowest BCUT2D eigenvalue weighted by Gasteiger charge is -2.11. The van der Waals surface area contributed by atoms with Crippen LogP contribution in [0.1, 0.15) is 22.7 Å². The second kappa shape index (κ2) is 4.27. The second-order valence-electron chi connectivity index (χ2n) is 4.52. The fourth-order valence-electron chi connectivity index (χ4n) is 2.24. The molecule has 3 aromatic rings. The molecule has 0 spiro atoms. The van der Waals surface area contributed by atoms with Gasteiger partial charge >= 0.3 is 0 Å². The van der Waals surface area contributed by atoms with E-state index in [1.165, 1.54) is 5.56 Å². The number of fused-ring (bicyclic) bond motifs is 1. The van der Waals surface area contributed by atoms with Gasteiger partial charge in [0, 0.05) is 11.8 Å². The zero-order valence-electron chi connectivity index (χ0n) is 10.2. The minimum atomic E-state index is -0.134. The molecule has 0 saturated heterocycles. The van der Waals surface area contributed by atoms with Gasteiger partial charge in [0.05, 0.1) is 17.8 Å². The highest BCUT2D eigenvalue weighted by Crippen LogP contribution is 2.23. The van der Waals surface area contributed by atoms with Crippen molar-refractivity contribution in [2.45, 2.75) is 13.0 Å². The molecule has 2 N–H and O–H groups in total. The Morgan fingerprint density at radius 1 is 1.17 bits per heavy atom. The van der Waals surface area contributed by atoms with E-state index < -0.39 is 0 Å². The van der Waals surface area contributed by atoms with Gasteiger partial charge in [0.15, 0.2) is 0 Å². The van der Waals surface area contributed by atoms with Gasteiger partial charge in [0.2, 0.25) is 0 Å². The molecule has 2 heterocycles. The Bertz CT molecular complexity index is 685. The molecule has 0 fully saturated rings. The maximum Gasteiger partial charge on any atom is 0.0712 e. The van der Waals surface area contributed by atoms with Gasteiger partial charge in [-0.15, -0.1) is 0 Å². The van der Waals surface area contributed by atoms with Crippen molar-refractivity contribution in [2.24, 2.45) is 5.73 Å². The molecule has 0 radical (unpaired) electrons. The fourth-order valence-corrected chi connectivity index (χ4v) is 2.24. The Balaban J connectivity index is 2.09. The largest absolute Gasteiger partial charge is 0.320 e. The third-order valence-corrected chi connectivity index (χ3v) is 3.19. The number of aromatic nitrogens is 2. The summed E-state index contributed by atoms with van der Waals surface area (Å²) in [4.78, 5) is 0. The summed E-state index contributed by atoms with van der Waals surface area (Å²) in [5.74, 6) is 0. The molecule has 0 aliphatic carbocycles. The van der Waals surface area contributed by atoms with E-state index in [4.69, 9.17) is 5.73 Å². The maximum absolute atomic E-state index is 6.34. The van der Waals surface area contributed by atoms with Gasteiger partial charge in [-0.1, -0.05) is 35.9 Å². The van der Waals surface area contributed by atoms with Crippen molar-refractivity contribution in [3.8, 4) is 0 Å². The van der Waals surface area contributed by atoms with E-state index in [1.54, 1.807) is 0 Å². The monoisotopic (exact) mass is 237 g/mol. The SMILES string of the molecule is Cc1cccc(C(N)c2cnn3ccccc23)c1. The molecule has 0 aliphatic rings. The number of benzene rings is 1. The molecule has 1 unspecified atom stereocenters. The van der Waals surface area contributed by atoms with E-state index in [2.05, 4.69) is 30.2 Å². The van der Waals surface area contributed by atoms with Crippen molar-refractivity contribution in [1.82, 2.24) is 9.61 Å². The van der Waals surface area contributed by atoms with Gasteiger partial charge in [-0.05, 0) is 24.6 Å². The summed E-state index contributed by atoms with van der Waals surface area (Å²) in [6.45, 7) is 2.08. The molecule has 18 heavy (non-hydrogen) atoms. The lowest BCUT2D eigenvalue weighted by molar-refractivity contribution is 0.878.